The topological polar surface area (TPSA) is 32.8 Å². The van der Waals surface area contributed by atoms with Crippen LogP contribution in [0.2, 0.25) is 0 Å². The number of esters is 1. The van der Waals surface area contributed by atoms with E-state index in [1.165, 1.54) is 45.9 Å². The van der Waals surface area contributed by atoms with Crippen LogP contribution in [0.15, 0.2) is 0 Å². The summed E-state index contributed by atoms with van der Waals surface area (Å²) in [6.07, 6.45) is 5.25. The van der Waals surface area contributed by atoms with Gasteiger partial charge in [-0.2, -0.15) is 0 Å². The molecule has 2 unspecified atom stereocenters. The summed E-state index contributed by atoms with van der Waals surface area (Å²) in [4.78, 5) is 16.4. The van der Waals surface area contributed by atoms with Gasteiger partial charge in [0.15, 0.2) is 0 Å². The molecule has 2 fully saturated rings. The lowest BCUT2D eigenvalue weighted by Crippen LogP contribution is -2.43. The first-order valence-corrected chi connectivity index (χ1v) is 6.78. The number of hydrogen-bond acceptors (Lipinski definition) is 4. The van der Waals surface area contributed by atoms with E-state index in [9.17, 15) is 4.79 Å². The Balaban J connectivity index is 1.84. The molecule has 0 N–H and O–H groups in total. The molecule has 98 valence electrons. The summed E-state index contributed by atoms with van der Waals surface area (Å²) in [6.45, 7) is 6.48. The van der Waals surface area contributed by atoms with Gasteiger partial charge in [0.25, 0.3) is 0 Å². The fourth-order valence-corrected chi connectivity index (χ4v) is 3.02. The number of likely N-dealkylation sites (tertiary alicyclic amines) is 2. The molecule has 17 heavy (non-hydrogen) atoms. The monoisotopic (exact) mass is 240 g/mol. The van der Waals surface area contributed by atoms with Crippen molar-refractivity contribution in [2.24, 2.45) is 0 Å². The third-order valence-electron chi connectivity index (χ3n) is 4.19. The van der Waals surface area contributed by atoms with E-state index >= 15 is 0 Å². The Bertz CT molecular complexity index is 264. The van der Waals surface area contributed by atoms with Crippen molar-refractivity contribution >= 4 is 5.97 Å². The normalized spacial score (nSPS) is 29.2. The van der Waals surface area contributed by atoms with Gasteiger partial charge in [0.2, 0.25) is 0 Å². The van der Waals surface area contributed by atoms with Crippen molar-refractivity contribution in [2.45, 2.75) is 44.7 Å². The van der Waals surface area contributed by atoms with E-state index < -0.39 is 0 Å². The van der Waals surface area contributed by atoms with Crippen molar-refractivity contribution in [3.63, 3.8) is 0 Å². The van der Waals surface area contributed by atoms with Crippen molar-refractivity contribution in [1.29, 1.82) is 0 Å². The molecule has 2 aliphatic rings. The van der Waals surface area contributed by atoms with Gasteiger partial charge < -0.3 is 4.74 Å². The zero-order valence-electron chi connectivity index (χ0n) is 11.0. The van der Waals surface area contributed by atoms with E-state index in [2.05, 4.69) is 9.80 Å². The van der Waals surface area contributed by atoms with Crippen molar-refractivity contribution in [3.05, 3.63) is 0 Å². The highest BCUT2D eigenvalue weighted by Crippen LogP contribution is 2.21. The minimum absolute atomic E-state index is 0.0882. The number of piperidine rings is 1. The smallest absolute Gasteiger partial charge is 0.322 e. The van der Waals surface area contributed by atoms with Crippen LogP contribution in [0.4, 0.5) is 0 Å². The largest absolute Gasteiger partial charge is 0.468 e. The molecule has 0 aromatic heterocycles. The molecule has 4 heteroatoms. The van der Waals surface area contributed by atoms with Crippen LogP contribution in [0.25, 0.3) is 0 Å². The van der Waals surface area contributed by atoms with Crippen molar-refractivity contribution in [1.82, 2.24) is 9.80 Å². The second kappa shape index (κ2) is 5.83. The highest BCUT2D eigenvalue weighted by Gasteiger charge is 2.33. The Hall–Kier alpha value is -0.610. The average Bonchev–Trinajstić information content (AvgIpc) is 2.87. The highest BCUT2D eigenvalue weighted by atomic mass is 16.5. The van der Waals surface area contributed by atoms with Gasteiger partial charge in [-0.1, -0.05) is 6.42 Å². The minimum Gasteiger partial charge on any atom is -0.468 e. The maximum atomic E-state index is 11.5. The van der Waals surface area contributed by atoms with Gasteiger partial charge in [-0.15, -0.1) is 0 Å². The molecule has 0 aliphatic carbocycles. The number of rotatable bonds is 3. The molecule has 2 rings (SSSR count). The lowest BCUT2D eigenvalue weighted by Gasteiger charge is -2.32. The van der Waals surface area contributed by atoms with E-state index in [-0.39, 0.29) is 12.0 Å². The second-order valence-corrected chi connectivity index (χ2v) is 5.23. The molecule has 0 spiro atoms. The lowest BCUT2D eigenvalue weighted by molar-refractivity contribution is -0.145. The summed E-state index contributed by atoms with van der Waals surface area (Å²) in [6, 6.07) is 0.567. The predicted octanol–water partition coefficient (Wildman–Crippen LogP) is 1.11. The maximum Gasteiger partial charge on any atom is 0.322 e. The van der Waals surface area contributed by atoms with Crippen LogP contribution in [-0.2, 0) is 9.53 Å². The van der Waals surface area contributed by atoms with Crippen molar-refractivity contribution < 1.29 is 9.53 Å². The summed E-state index contributed by atoms with van der Waals surface area (Å²) in [7, 11) is 1.47. The molecule has 0 aromatic rings. The third kappa shape index (κ3) is 2.99. The Kier molecular flexibility index (Phi) is 4.40. The Morgan fingerprint density at radius 3 is 2.59 bits per heavy atom. The summed E-state index contributed by atoms with van der Waals surface area (Å²) in [5.41, 5.74) is 0. The molecule has 0 radical (unpaired) electrons. The number of carbonyl (C=O) groups is 1. The summed E-state index contributed by atoms with van der Waals surface area (Å²) in [5.74, 6) is -0.107. The molecule has 0 amide bonds. The van der Waals surface area contributed by atoms with Gasteiger partial charge >= 0.3 is 5.97 Å². The van der Waals surface area contributed by atoms with E-state index in [0.29, 0.717) is 6.04 Å². The van der Waals surface area contributed by atoms with E-state index in [1.54, 1.807) is 0 Å². The first-order chi connectivity index (χ1) is 8.22. The van der Waals surface area contributed by atoms with Gasteiger partial charge in [-0.25, -0.2) is 0 Å². The number of ether oxygens (including phenoxy) is 1. The van der Waals surface area contributed by atoms with Crippen molar-refractivity contribution in [2.75, 3.05) is 33.3 Å². The quantitative estimate of drug-likeness (QED) is 0.692. The SMILES string of the molecule is COC(=O)C(C)N1CCC(N2CCCCC2)C1. The molecule has 2 aliphatic heterocycles. The van der Waals surface area contributed by atoms with Crippen LogP contribution in [0.1, 0.15) is 32.6 Å². The van der Waals surface area contributed by atoms with Crippen LogP contribution in [0, 0.1) is 0 Å². The zero-order valence-corrected chi connectivity index (χ0v) is 11.0. The molecule has 4 nitrogen and oxygen atoms in total. The van der Waals surface area contributed by atoms with Crippen molar-refractivity contribution in [3.8, 4) is 0 Å². The molecular weight excluding hydrogens is 216 g/mol. The van der Waals surface area contributed by atoms with Crippen LogP contribution < -0.4 is 0 Å². The van der Waals surface area contributed by atoms with Crippen LogP contribution in [-0.4, -0.2) is 61.1 Å². The molecule has 2 atom stereocenters. The van der Waals surface area contributed by atoms with E-state index in [4.69, 9.17) is 4.74 Å². The molecule has 2 heterocycles. The van der Waals surface area contributed by atoms with E-state index in [1.807, 2.05) is 6.92 Å². The Morgan fingerprint density at radius 2 is 1.94 bits per heavy atom. The van der Waals surface area contributed by atoms with Crippen LogP contribution >= 0.6 is 0 Å². The van der Waals surface area contributed by atoms with E-state index in [0.717, 1.165) is 13.1 Å². The molecule has 0 saturated carbocycles. The molecule has 0 bridgehead atoms. The van der Waals surface area contributed by atoms with Gasteiger partial charge in [0.1, 0.15) is 6.04 Å². The standard InChI is InChI=1S/C13H24N2O2/c1-11(13(16)17-2)15-9-6-12(10-15)14-7-4-3-5-8-14/h11-12H,3-10H2,1-2H3. The van der Waals surface area contributed by atoms with Crippen LogP contribution in [0.5, 0.6) is 0 Å². The zero-order chi connectivity index (χ0) is 12.3. The van der Waals surface area contributed by atoms with Crippen LogP contribution in [0.3, 0.4) is 0 Å². The van der Waals surface area contributed by atoms with Gasteiger partial charge in [-0.3, -0.25) is 14.6 Å². The number of nitrogens with zero attached hydrogens (tertiary/aromatic N) is 2. The Morgan fingerprint density at radius 1 is 1.24 bits per heavy atom. The summed E-state index contributed by atoms with van der Waals surface area (Å²) in [5, 5.41) is 0. The highest BCUT2D eigenvalue weighted by molar-refractivity contribution is 5.75. The summed E-state index contributed by atoms with van der Waals surface area (Å²) >= 11 is 0. The molecule has 0 aromatic carbocycles. The fourth-order valence-electron chi connectivity index (χ4n) is 3.02. The second-order valence-electron chi connectivity index (χ2n) is 5.23. The minimum atomic E-state index is -0.107. The molecular formula is C13H24N2O2. The fraction of sp³-hybridized carbons (Fsp3) is 0.923. The molecule has 2 saturated heterocycles. The first-order valence-electron chi connectivity index (χ1n) is 6.78. The average molecular weight is 240 g/mol. The third-order valence-corrected chi connectivity index (χ3v) is 4.19. The first kappa shape index (κ1) is 12.8. The predicted molar refractivity (Wildman–Crippen MR) is 66.9 cm³/mol. The van der Waals surface area contributed by atoms with Gasteiger partial charge in [0, 0.05) is 19.1 Å². The summed E-state index contributed by atoms with van der Waals surface area (Å²) < 4.78 is 4.81. The number of methoxy groups -OCH3 is 1. The number of hydrogen-bond donors (Lipinski definition) is 0. The Labute approximate surface area is 104 Å². The lowest BCUT2D eigenvalue weighted by atomic mass is 10.1. The van der Waals surface area contributed by atoms with Gasteiger partial charge in [-0.05, 0) is 39.3 Å². The maximum absolute atomic E-state index is 11.5. The van der Waals surface area contributed by atoms with Gasteiger partial charge in [0.05, 0.1) is 7.11 Å². The number of carbonyl (C=O) groups excluding carboxylic acids is 1.